The molecule has 0 spiro atoms. The highest BCUT2D eigenvalue weighted by atomic mass is 14.8. The monoisotopic (exact) mass is 192 g/mol. The molecule has 0 N–H and O–H groups in total. The summed E-state index contributed by atoms with van der Waals surface area (Å²) in [5.74, 6) is 4.22. The predicted octanol–water partition coefficient (Wildman–Crippen LogP) is 4.27. The van der Waals surface area contributed by atoms with Crippen LogP contribution in [0.25, 0.3) is 0 Å². The molecule has 80 valence electrons. The van der Waals surface area contributed by atoms with Gasteiger partial charge in [0.25, 0.3) is 0 Å². The minimum Gasteiger partial charge on any atom is -0.0917 e. The van der Waals surface area contributed by atoms with Gasteiger partial charge in [0.1, 0.15) is 0 Å². The highest BCUT2D eigenvalue weighted by molar-refractivity contribution is 5.28. The molecule has 2 aliphatic carbocycles. The number of hydrogen-bond acceptors (Lipinski definition) is 0. The number of fused-ring (bicyclic) bond motifs is 1. The van der Waals surface area contributed by atoms with Gasteiger partial charge < -0.3 is 0 Å². The molecule has 0 radical (unpaired) electrons. The van der Waals surface area contributed by atoms with Crippen LogP contribution in [0.1, 0.15) is 47.0 Å². The fourth-order valence-electron chi connectivity index (χ4n) is 3.93. The molecule has 2 atom stereocenters. The van der Waals surface area contributed by atoms with Gasteiger partial charge in [-0.15, -0.1) is 0 Å². The summed E-state index contributed by atoms with van der Waals surface area (Å²) in [7, 11) is 0. The van der Waals surface area contributed by atoms with Crippen LogP contribution in [0.2, 0.25) is 0 Å². The largest absolute Gasteiger partial charge is 0.0917 e. The summed E-state index contributed by atoms with van der Waals surface area (Å²) < 4.78 is 0. The van der Waals surface area contributed by atoms with Crippen molar-refractivity contribution in [1.82, 2.24) is 0 Å². The third kappa shape index (κ3) is 1.26. The topological polar surface area (TPSA) is 0 Å². The zero-order valence-electron chi connectivity index (χ0n) is 10.1. The fraction of sp³-hybridized carbons (Fsp3) is 0.857. The third-order valence-electron chi connectivity index (χ3n) is 4.80. The van der Waals surface area contributed by atoms with E-state index in [0.29, 0.717) is 0 Å². The van der Waals surface area contributed by atoms with E-state index in [1.165, 1.54) is 19.3 Å². The first-order valence-electron chi connectivity index (χ1n) is 6.27. The van der Waals surface area contributed by atoms with Crippen molar-refractivity contribution in [3.05, 3.63) is 12.2 Å². The van der Waals surface area contributed by atoms with Crippen molar-refractivity contribution < 1.29 is 0 Å². The van der Waals surface area contributed by atoms with Crippen molar-refractivity contribution in [3.8, 4) is 0 Å². The number of hydrogen-bond donors (Lipinski definition) is 0. The van der Waals surface area contributed by atoms with Crippen LogP contribution in [-0.2, 0) is 0 Å². The Labute approximate surface area is 88.8 Å². The molecule has 2 saturated carbocycles. The Balaban J connectivity index is 1.78. The van der Waals surface area contributed by atoms with Gasteiger partial charge in [0.2, 0.25) is 0 Å². The second-order valence-corrected chi connectivity index (χ2v) is 5.64. The first kappa shape index (κ1) is 10.3. The number of allylic oxidation sites excluding steroid dienone is 2. The minimum atomic E-state index is 0.793. The van der Waals surface area contributed by atoms with Crippen molar-refractivity contribution in [2.24, 2.45) is 29.1 Å². The third-order valence-corrected chi connectivity index (χ3v) is 4.80. The van der Waals surface area contributed by atoms with E-state index in [1.54, 1.807) is 0 Å². The molecule has 0 amide bonds. The lowest BCUT2D eigenvalue weighted by Crippen LogP contribution is -2.22. The first-order chi connectivity index (χ1) is 6.66. The molecule has 2 aliphatic rings. The standard InChI is InChI=1S/C14H24/c1-5-6-7-8-9-14(10(2)3)12-11(4)13(12)14/h5-6,10-13H,7-9H2,1-4H3. The molecular weight excluding hydrogens is 168 g/mol. The second kappa shape index (κ2) is 3.40. The molecule has 0 nitrogen and oxygen atoms in total. The molecule has 0 saturated heterocycles. The van der Waals surface area contributed by atoms with E-state index in [0.717, 1.165) is 29.1 Å². The van der Waals surface area contributed by atoms with Gasteiger partial charge >= 0.3 is 0 Å². The summed E-state index contributed by atoms with van der Waals surface area (Å²) in [5, 5.41) is 0. The van der Waals surface area contributed by atoms with E-state index in [-0.39, 0.29) is 0 Å². The molecule has 0 bridgehead atoms. The van der Waals surface area contributed by atoms with Gasteiger partial charge in [-0.25, -0.2) is 0 Å². The van der Waals surface area contributed by atoms with E-state index in [1.807, 2.05) is 0 Å². The normalized spacial score (nSPS) is 44.5. The fourth-order valence-corrected chi connectivity index (χ4v) is 3.93. The van der Waals surface area contributed by atoms with Gasteiger partial charge in [-0.05, 0) is 55.3 Å². The molecule has 0 aromatic heterocycles. The zero-order chi connectivity index (χ0) is 10.3. The summed E-state index contributed by atoms with van der Waals surface area (Å²) in [6.07, 6.45) is 8.67. The Morgan fingerprint density at radius 2 is 1.93 bits per heavy atom. The van der Waals surface area contributed by atoms with E-state index in [4.69, 9.17) is 0 Å². The molecule has 2 fully saturated rings. The highest BCUT2D eigenvalue weighted by Gasteiger charge is 2.81. The molecule has 0 aliphatic heterocycles. The van der Waals surface area contributed by atoms with Gasteiger partial charge in [0.05, 0.1) is 0 Å². The predicted molar refractivity (Wildman–Crippen MR) is 62.1 cm³/mol. The van der Waals surface area contributed by atoms with Gasteiger partial charge in [-0.2, -0.15) is 0 Å². The van der Waals surface area contributed by atoms with Crippen molar-refractivity contribution in [3.63, 3.8) is 0 Å². The number of unbranched alkanes of at least 4 members (excludes halogenated alkanes) is 1. The van der Waals surface area contributed by atoms with Crippen molar-refractivity contribution in [1.29, 1.82) is 0 Å². The van der Waals surface area contributed by atoms with Gasteiger partial charge in [0, 0.05) is 0 Å². The van der Waals surface area contributed by atoms with Crippen molar-refractivity contribution in [2.75, 3.05) is 0 Å². The average molecular weight is 192 g/mol. The maximum Gasteiger partial charge on any atom is -0.0207 e. The minimum absolute atomic E-state index is 0.793. The van der Waals surface area contributed by atoms with E-state index in [9.17, 15) is 0 Å². The molecule has 14 heavy (non-hydrogen) atoms. The molecule has 0 aromatic carbocycles. The maximum atomic E-state index is 2.43. The SMILES string of the molecule is CC=CCCCC1(C(C)C)C2C(C)C21. The quantitative estimate of drug-likeness (QED) is 0.451. The summed E-state index contributed by atoms with van der Waals surface area (Å²) in [4.78, 5) is 0. The number of rotatable bonds is 5. The van der Waals surface area contributed by atoms with Crippen LogP contribution in [0.15, 0.2) is 12.2 Å². The molecule has 2 rings (SSSR count). The zero-order valence-corrected chi connectivity index (χ0v) is 10.1. The van der Waals surface area contributed by atoms with Gasteiger partial charge in [0.15, 0.2) is 0 Å². The Kier molecular flexibility index (Phi) is 2.49. The molecule has 0 aromatic rings. The molecule has 0 heteroatoms. The molecule has 0 heterocycles. The summed E-state index contributed by atoms with van der Waals surface area (Å²) in [5.41, 5.74) is 0.793. The van der Waals surface area contributed by atoms with Crippen LogP contribution in [0.4, 0.5) is 0 Å². The lowest BCUT2D eigenvalue weighted by molar-refractivity contribution is 0.196. The average Bonchev–Trinajstić information content (AvgIpc) is 3.00. The van der Waals surface area contributed by atoms with Crippen LogP contribution in [-0.4, -0.2) is 0 Å². The summed E-state index contributed by atoms with van der Waals surface area (Å²) in [6, 6.07) is 0. The first-order valence-corrected chi connectivity index (χ1v) is 6.27. The lowest BCUT2D eigenvalue weighted by Gasteiger charge is -2.29. The van der Waals surface area contributed by atoms with Crippen molar-refractivity contribution in [2.45, 2.75) is 47.0 Å². The summed E-state index contributed by atoms with van der Waals surface area (Å²) in [6.45, 7) is 9.40. The Morgan fingerprint density at radius 3 is 2.36 bits per heavy atom. The Morgan fingerprint density at radius 1 is 1.29 bits per heavy atom. The molecular formula is C14H24. The van der Waals surface area contributed by atoms with E-state index in [2.05, 4.69) is 39.8 Å². The van der Waals surface area contributed by atoms with Crippen LogP contribution in [0, 0.1) is 29.1 Å². The van der Waals surface area contributed by atoms with Crippen molar-refractivity contribution >= 4 is 0 Å². The Hall–Kier alpha value is -0.260. The molecule has 2 unspecified atom stereocenters. The lowest BCUT2D eigenvalue weighted by atomic mass is 9.75. The highest BCUT2D eigenvalue weighted by Crippen LogP contribution is 2.85. The van der Waals surface area contributed by atoms with Crippen LogP contribution < -0.4 is 0 Å². The Bertz CT molecular complexity index is 226. The summed E-state index contributed by atoms with van der Waals surface area (Å²) >= 11 is 0. The van der Waals surface area contributed by atoms with Crippen LogP contribution in [0.3, 0.4) is 0 Å². The van der Waals surface area contributed by atoms with Crippen LogP contribution in [0.5, 0.6) is 0 Å². The van der Waals surface area contributed by atoms with Gasteiger partial charge in [-0.3, -0.25) is 0 Å². The maximum absolute atomic E-state index is 2.43. The van der Waals surface area contributed by atoms with E-state index >= 15 is 0 Å². The smallest absolute Gasteiger partial charge is 0.0207 e. The van der Waals surface area contributed by atoms with Gasteiger partial charge in [-0.1, -0.05) is 32.9 Å². The van der Waals surface area contributed by atoms with E-state index < -0.39 is 0 Å². The van der Waals surface area contributed by atoms with Crippen LogP contribution >= 0.6 is 0 Å². The second-order valence-electron chi connectivity index (χ2n) is 5.64.